The average molecular weight is 448 g/mol. The molecule has 0 radical (unpaired) electrons. The number of hydrogen-bond donors (Lipinski definition) is 1. The molecule has 0 bridgehead atoms. The predicted octanol–water partition coefficient (Wildman–Crippen LogP) is 5.86. The van der Waals surface area contributed by atoms with Crippen molar-refractivity contribution in [3.8, 4) is 0 Å². The summed E-state index contributed by atoms with van der Waals surface area (Å²) in [7, 11) is 0. The van der Waals surface area contributed by atoms with Gasteiger partial charge >= 0.3 is 6.03 Å². The van der Waals surface area contributed by atoms with Crippen molar-refractivity contribution in [1.29, 1.82) is 0 Å². The van der Waals surface area contributed by atoms with E-state index in [0.717, 1.165) is 38.0 Å². The summed E-state index contributed by atoms with van der Waals surface area (Å²) in [6.07, 6.45) is 1.66. The molecule has 4 nitrogen and oxygen atoms in total. The van der Waals surface area contributed by atoms with E-state index in [9.17, 15) is 13.6 Å². The molecule has 1 spiro atoms. The Kier molecular flexibility index (Phi) is 5.62. The van der Waals surface area contributed by atoms with Crippen molar-refractivity contribution in [3.05, 3.63) is 95.1 Å². The highest BCUT2D eigenvalue weighted by Gasteiger charge is 2.46. The maximum Gasteiger partial charge on any atom is 0.326 e. The van der Waals surface area contributed by atoms with E-state index in [1.165, 1.54) is 29.3 Å². The van der Waals surface area contributed by atoms with Crippen LogP contribution in [0.2, 0.25) is 0 Å². The molecule has 0 unspecified atom stereocenters. The number of carbonyl (C=O) groups is 1. The monoisotopic (exact) mass is 447 g/mol. The zero-order valence-corrected chi connectivity index (χ0v) is 18.7. The molecule has 3 aromatic rings. The molecule has 5 rings (SSSR count). The molecule has 2 aliphatic rings. The second kappa shape index (κ2) is 8.60. The fraction of sp³-hybridized carbons (Fsp3) is 0.296. The Morgan fingerprint density at radius 2 is 1.79 bits per heavy atom. The van der Waals surface area contributed by atoms with Gasteiger partial charge in [-0.25, -0.2) is 13.6 Å². The maximum absolute atomic E-state index is 14.3. The van der Waals surface area contributed by atoms with E-state index in [0.29, 0.717) is 12.2 Å². The Balaban J connectivity index is 1.35. The maximum atomic E-state index is 14.3. The van der Waals surface area contributed by atoms with Crippen molar-refractivity contribution in [2.75, 3.05) is 29.9 Å². The Labute approximate surface area is 192 Å². The fourth-order valence-corrected chi connectivity index (χ4v) is 5.20. The van der Waals surface area contributed by atoms with Crippen LogP contribution >= 0.6 is 0 Å². The number of hydrogen-bond acceptors (Lipinski definition) is 2. The Hall–Kier alpha value is -3.25. The largest absolute Gasteiger partial charge is 0.326 e. The van der Waals surface area contributed by atoms with Gasteiger partial charge in [-0.05, 0) is 74.3 Å². The number of urea groups is 1. The van der Waals surface area contributed by atoms with Crippen molar-refractivity contribution >= 4 is 17.4 Å². The highest BCUT2D eigenvalue weighted by Crippen LogP contribution is 2.47. The first kappa shape index (κ1) is 21.6. The number of rotatable bonds is 3. The number of halogens is 2. The number of piperidine rings is 1. The van der Waals surface area contributed by atoms with Crippen LogP contribution in [0.1, 0.15) is 29.5 Å². The quantitative estimate of drug-likeness (QED) is 0.546. The molecule has 1 N–H and O–H groups in total. The summed E-state index contributed by atoms with van der Waals surface area (Å²) >= 11 is 0. The number of benzene rings is 3. The summed E-state index contributed by atoms with van der Waals surface area (Å²) in [5.41, 5.74) is 3.96. The number of nitrogens with one attached hydrogen (secondary N) is 1. The van der Waals surface area contributed by atoms with E-state index < -0.39 is 11.8 Å². The molecule has 1 fully saturated rings. The van der Waals surface area contributed by atoms with Gasteiger partial charge in [0.05, 0.1) is 5.69 Å². The molecular formula is C27H27F2N3O. The van der Waals surface area contributed by atoms with E-state index >= 15 is 0 Å². The molecule has 6 heteroatoms. The van der Waals surface area contributed by atoms with Crippen molar-refractivity contribution in [2.45, 2.75) is 31.7 Å². The van der Waals surface area contributed by atoms with Gasteiger partial charge in [-0.3, -0.25) is 9.80 Å². The van der Waals surface area contributed by atoms with Crippen LogP contribution in [0.4, 0.5) is 25.0 Å². The summed E-state index contributed by atoms with van der Waals surface area (Å²) in [6, 6.07) is 18.9. The number of aryl methyl sites for hydroxylation is 1. The highest BCUT2D eigenvalue weighted by molar-refractivity contribution is 6.03. The van der Waals surface area contributed by atoms with E-state index in [-0.39, 0.29) is 16.9 Å². The number of amides is 2. The second-order valence-electron chi connectivity index (χ2n) is 9.20. The van der Waals surface area contributed by atoms with Gasteiger partial charge < -0.3 is 5.32 Å². The normalized spacial score (nSPS) is 17.2. The number of nitrogens with zero attached hydrogens (tertiary/aromatic N) is 2. The van der Waals surface area contributed by atoms with Crippen LogP contribution in [0.25, 0.3) is 0 Å². The predicted molar refractivity (Wildman–Crippen MR) is 127 cm³/mol. The molecule has 0 saturated carbocycles. The van der Waals surface area contributed by atoms with Crippen LogP contribution < -0.4 is 10.2 Å². The second-order valence-corrected chi connectivity index (χ2v) is 9.20. The van der Waals surface area contributed by atoms with E-state index in [1.807, 2.05) is 0 Å². The number of likely N-dealkylation sites (tertiary alicyclic amines) is 1. The third kappa shape index (κ3) is 4.23. The lowest BCUT2D eigenvalue weighted by Gasteiger charge is -2.40. The van der Waals surface area contributed by atoms with Gasteiger partial charge in [-0.2, -0.15) is 0 Å². The molecule has 33 heavy (non-hydrogen) atoms. The first-order valence-corrected chi connectivity index (χ1v) is 11.3. The third-order valence-corrected chi connectivity index (χ3v) is 6.94. The van der Waals surface area contributed by atoms with Crippen molar-refractivity contribution < 1.29 is 13.6 Å². The topological polar surface area (TPSA) is 35.6 Å². The minimum atomic E-state index is -0.483. The van der Waals surface area contributed by atoms with Gasteiger partial charge in [-0.15, -0.1) is 0 Å². The van der Waals surface area contributed by atoms with Crippen molar-refractivity contribution in [2.24, 2.45) is 0 Å². The van der Waals surface area contributed by atoms with Gasteiger partial charge in [0, 0.05) is 24.2 Å². The van der Waals surface area contributed by atoms with Gasteiger partial charge in [0.15, 0.2) is 0 Å². The van der Waals surface area contributed by atoms with E-state index in [4.69, 9.17) is 0 Å². The first-order valence-electron chi connectivity index (χ1n) is 11.3. The molecule has 2 heterocycles. The van der Waals surface area contributed by atoms with Crippen LogP contribution in [0.5, 0.6) is 0 Å². The van der Waals surface area contributed by atoms with Crippen LogP contribution in [-0.2, 0) is 12.0 Å². The summed E-state index contributed by atoms with van der Waals surface area (Å²) in [6.45, 7) is 5.18. The molecule has 0 aliphatic carbocycles. The van der Waals surface area contributed by atoms with Crippen LogP contribution in [0, 0.1) is 18.6 Å². The zero-order valence-electron chi connectivity index (χ0n) is 18.7. The lowest BCUT2D eigenvalue weighted by atomic mass is 9.74. The molecule has 2 amide bonds. The van der Waals surface area contributed by atoms with Crippen LogP contribution in [-0.4, -0.2) is 30.6 Å². The number of anilines is 2. The van der Waals surface area contributed by atoms with E-state index in [2.05, 4.69) is 41.4 Å². The summed E-state index contributed by atoms with van der Waals surface area (Å²) in [5.74, 6) is -0.782. The molecule has 0 atom stereocenters. The molecule has 0 aromatic heterocycles. The zero-order chi connectivity index (χ0) is 23.0. The van der Waals surface area contributed by atoms with Crippen molar-refractivity contribution in [1.82, 2.24) is 4.90 Å². The van der Waals surface area contributed by atoms with Crippen LogP contribution in [0.15, 0.2) is 66.7 Å². The molecule has 3 aromatic carbocycles. The van der Waals surface area contributed by atoms with Gasteiger partial charge in [0.2, 0.25) is 0 Å². The highest BCUT2D eigenvalue weighted by atomic mass is 19.1. The van der Waals surface area contributed by atoms with Gasteiger partial charge in [-0.1, -0.05) is 42.0 Å². The first-order chi connectivity index (χ1) is 15.9. The van der Waals surface area contributed by atoms with E-state index in [1.54, 1.807) is 29.2 Å². The van der Waals surface area contributed by atoms with Crippen molar-refractivity contribution in [3.63, 3.8) is 0 Å². The minimum Gasteiger partial charge on any atom is -0.305 e. The van der Waals surface area contributed by atoms with Gasteiger partial charge in [0.1, 0.15) is 11.6 Å². The summed E-state index contributed by atoms with van der Waals surface area (Å²) in [4.78, 5) is 17.2. The number of fused-ring (bicyclic) bond motifs is 2. The van der Waals surface area contributed by atoms with Gasteiger partial charge in [0.25, 0.3) is 0 Å². The molecule has 1 saturated heterocycles. The molecule has 170 valence electrons. The Morgan fingerprint density at radius 3 is 2.55 bits per heavy atom. The lowest BCUT2D eigenvalue weighted by Crippen LogP contribution is -2.46. The number of para-hydroxylation sites is 1. The molecule has 2 aliphatic heterocycles. The SMILES string of the molecule is Cc1cccc(CN2CCC3(CC2)CN(C(=O)Nc2ccccc2F)c2ccc(F)cc23)c1. The summed E-state index contributed by atoms with van der Waals surface area (Å²) in [5, 5.41) is 2.68. The number of carbonyl (C=O) groups excluding carboxylic acids is 1. The standard InChI is InChI=1S/C27H27F2N3O/c1-19-5-4-6-20(15-19)17-31-13-11-27(12-14-31)18-32(25-10-9-21(28)16-22(25)27)26(33)30-24-8-3-2-7-23(24)29/h2-10,15-16H,11-14,17-18H2,1H3,(H,30,33). The fourth-order valence-electron chi connectivity index (χ4n) is 5.20. The lowest BCUT2D eigenvalue weighted by molar-refractivity contribution is 0.160. The Morgan fingerprint density at radius 1 is 1.00 bits per heavy atom. The smallest absolute Gasteiger partial charge is 0.305 e. The average Bonchev–Trinajstić information content (AvgIpc) is 3.10. The summed E-state index contributed by atoms with van der Waals surface area (Å²) < 4.78 is 28.3. The third-order valence-electron chi connectivity index (χ3n) is 6.94. The van der Waals surface area contributed by atoms with Crippen LogP contribution in [0.3, 0.4) is 0 Å². The molecular weight excluding hydrogens is 420 g/mol. The minimum absolute atomic E-state index is 0.139. The Bertz CT molecular complexity index is 1190.